The highest BCUT2D eigenvalue weighted by Crippen LogP contribution is 2.27. The lowest BCUT2D eigenvalue weighted by molar-refractivity contribution is 0.0734. The second-order valence-electron chi connectivity index (χ2n) is 6.77. The second kappa shape index (κ2) is 9.64. The van der Waals surface area contributed by atoms with Crippen molar-refractivity contribution in [3.63, 3.8) is 0 Å². The molecule has 0 saturated carbocycles. The summed E-state index contributed by atoms with van der Waals surface area (Å²) in [5, 5.41) is 6.65. The normalized spacial score (nSPS) is 10.9. The highest BCUT2D eigenvalue weighted by atomic mass is 35.5. The molecular formula is C25H16Cl2N2O3. The minimum atomic E-state index is -0.535. The summed E-state index contributed by atoms with van der Waals surface area (Å²) in [6, 6.07) is 24.2. The zero-order chi connectivity index (χ0) is 22.5. The van der Waals surface area contributed by atoms with Crippen LogP contribution in [0.4, 0.5) is 0 Å². The molecule has 0 aliphatic heterocycles. The topological polar surface area (TPSA) is 67.8 Å². The van der Waals surface area contributed by atoms with Gasteiger partial charge in [0, 0.05) is 10.6 Å². The van der Waals surface area contributed by atoms with Crippen molar-refractivity contribution in [2.45, 2.75) is 0 Å². The van der Waals surface area contributed by atoms with Crippen molar-refractivity contribution in [2.24, 2.45) is 5.10 Å². The molecule has 4 aromatic rings. The van der Waals surface area contributed by atoms with Crippen LogP contribution in [0.2, 0.25) is 10.0 Å². The molecule has 158 valence electrons. The summed E-state index contributed by atoms with van der Waals surface area (Å²) < 4.78 is 5.63. The van der Waals surface area contributed by atoms with E-state index in [2.05, 4.69) is 10.5 Å². The van der Waals surface area contributed by atoms with Crippen molar-refractivity contribution in [1.82, 2.24) is 5.43 Å². The number of rotatable bonds is 5. The van der Waals surface area contributed by atoms with Gasteiger partial charge in [-0.1, -0.05) is 65.7 Å². The maximum absolute atomic E-state index is 12.6. The summed E-state index contributed by atoms with van der Waals surface area (Å²) in [6.45, 7) is 0. The number of esters is 1. The molecule has 0 heterocycles. The van der Waals surface area contributed by atoms with E-state index >= 15 is 0 Å². The first kappa shape index (κ1) is 21.6. The lowest BCUT2D eigenvalue weighted by atomic mass is 10.0. The number of ether oxygens (including phenoxy) is 1. The standard InChI is InChI=1S/C25H16Cl2N2O3/c26-18-12-9-17(10-13-18)25(31)32-23-14-11-16-5-1-2-6-19(16)21(23)15-28-29-24(30)20-7-3-4-8-22(20)27/h1-15H,(H,29,30)/b28-15-. The minimum absolute atomic E-state index is 0.304. The Labute approximate surface area is 194 Å². The van der Waals surface area contributed by atoms with Crippen LogP contribution in [0, 0.1) is 0 Å². The van der Waals surface area contributed by atoms with Crippen molar-refractivity contribution in [3.05, 3.63) is 112 Å². The third kappa shape index (κ3) is 4.80. The fraction of sp³-hybridized carbons (Fsp3) is 0. The van der Waals surface area contributed by atoms with Gasteiger partial charge in [0.2, 0.25) is 0 Å². The Balaban J connectivity index is 1.63. The number of hydrazone groups is 1. The van der Waals surface area contributed by atoms with Crippen molar-refractivity contribution >= 4 is 52.1 Å². The Kier molecular flexibility index (Phi) is 6.50. The predicted octanol–water partition coefficient (Wildman–Crippen LogP) is 6.13. The molecule has 0 bridgehead atoms. The lowest BCUT2D eigenvalue weighted by Gasteiger charge is -2.11. The molecule has 4 aromatic carbocycles. The first-order valence-corrected chi connectivity index (χ1v) is 10.4. The van der Waals surface area contributed by atoms with Crippen molar-refractivity contribution in [3.8, 4) is 5.75 Å². The highest BCUT2D eigenvalue weighted by molar-refractivity contribution is 6.33. The third-order valence-electron chi connectivity index (χ3n) is 4.69. The van der Waals surface area contributed by atoms with Gasteiger partial charge in [0.1, 0.15) is 5.75 Å². The van der Waals surface area contributed by atoms with Crippen LogP contribution in [-0.2, 0) is 0 Å². The van der Waals surface area contributed by atoms with Gasteiger partial charge in [-0.25, -0.2) is 10.2 Å². The van der Waals surface area contributed by atoms with Gasteiger partial charge in [0.15, 0.2) is 0 Å². The van der Waals surface area contributed by atoms with Crippen LogP contribution >= 0.6 is 23.2 Å². The predicted molar refractivity (Wildman–Crippen MR) is 127 cm³/mol. The number of nitrogens with zero attached hydrogens (tertiary/aromatic N) is 1. The Morgan fingerprint density at radius 3 is 2.34 bits per heavy atom. The van der Waals surface area contributed by atoms with Crippen LogP contribution in [0.5, 0.6) is 5.75 Å². The van der Waals surface area contributed by atoms with Gasteiger partial charge in [-0.2, -0.15) is 5.10 Å². The zero-order valence-corrected chi connectivity index (χ0v) is 18.1. The summed E-state index contributed by atoms with van der Waals surface area (Å²) in [5.74, 6) is -0.683. The van der Waals surface area contributed by atoms with Crippen LogP contribution in [-0.4, -0.2) is 18.1 Å². The molecule has 1 N–H and O–H groups in total. The molecule has 1 amide bonds. The Morgan fingerprint density at radius 2 is 1.56 bits per heavy atom. The number of hydrogen-bond donors (Lipinski definition) is 1. The second-order valence-corrected chi connectivity index (χ2v) is 7.62. The van der Waals surface area contributed by atoms with Crippen LogP contribution in [0.15, 0.2) is 90.0 Å². The third-order valence-corrected chi connectivity index (χ3v) is 5.27. The van der Waals surface area contributed by atoms with Crippen LogP contribution < -0.4 is 10.2 Å². The van der Waals surface area contributed by atoms with Gasteiger partial charge in [-0.3, -0.25) is 4.79 Å². The summed E-state index contributed by atoms with van der Waals surface area (Å²) >= 11 is 12.0. The molecule has 0 fully saturated rings. The fourth-order valence-corrected chi connectivity index (χ4v) is 3.45. The number of carbonyl (C=O) groups excluding carboxylic acids is 2. The highest BCUT2D eigenvalue weighted by Gasteiger charge is 2.14. The summed E-state index contributed by atoms with van der Waals surface area (Å²) in [4.78, 5) is 25.0. The molecule has 0 aliphatic carbocycles. The molecule has 0 atom stereocenters. The number of amides is 1. The largest absolute Gasteiger partial charge is 0.422 e. The SMILES string of the molecule is O=C(Oc1ccc2ccccc2c1/C=N\NC(=O)c1ccccc1Cl)c1ccc(Cl)cc1. The molecule has 0 aromatic heterocycles. The molecule has 0 aliphatic rings. The van der Waals surface area contributed by atoms with Crippen LogP contribution in [0.25, 0.3) is 10.8 Å². The molecule has 4 rings (SSSR count). The van der Waals surface area contributed by atoms with Gasteiger partial charge >= 0.3 is 5.97 Å². The van der Waals surface area contributed by atoms with Crippen LogP contribution in [0.3, 0.4) is 0 Å². The number of carbonyl (C=O) groups is 2. The van der Waals surface area contributed by atoms with E-state index in [-0.39, 0.29) is 0 Å². The van der Waals surface area contributed by atoms with E-state index in [1.165, 1.54) is 6.21 Å². The molecule has 5 nitrogen and oxygen atoms in total. The van der Waals surface area contributed by atoms with E-state index < -0.39 is 11.9 Å². The average molecular weight is 463 g/mol. The average Bonchev–Trinajstić information content (AvgIpc) is 2.80. The smallest absolute Gasteiger partial charge is 0.343 e. The Morgan fingerprint density at radius 1 is 0.844 bits per heavy atom. The molecule has 0 radical (unpaired) electrons. The molecule has 0 spiro atoms. The van der Waals surface area contributed by atoms with E-state index in [0.717, 1.165) is 10.8 Å². The van der Waals surface area contributed by atoms with Gasteiger partial charge < -0.3 is 4.74 Å². The zero-order valence-electron chi connectivity index (χ0n) is 16.6. The number of benzene rings is 4. The van der Waals surface area contributed by atoms with Crippen molar-refractivity contribution in [1.29, 1.82) is 0 Å². The van der Waals surface area contributed by atoms with E-state index in [0.29, 0.717) is 32.5 Å². The molecular weight excluding hydrogens is 447 g/mol. The quantitative estimate of drug-likeness (QED) is 0.168. The maximum atomic E-state index is 12.6. The van der Waals surface area contributed by atoms with E-state index in [1.54, 1.807) is 54.6 Å². The van der Waals surface area contributed by atoms with E-state index in [1.807, 2.05) is 30.3 Å². The number of halogens is 2. The first-order chi connectivity index (χ1) is 15.5. The monoisotopic (exact) mass is 462 g/mol. The first-order valence-electron chi connectivity index (χ1n) is 9.60. The van der Waals surface area contributed by atoms with Gasteiger partial charge in [-0.05, 0) is 53.2 Å². The van der Waals surface area contributed by atoms with Crippen molar-refractivity contribution < 1.29 is 14.3 Å². The molecule has 0 unspecified atom stereocenters. The molecule has 7 heteroatoms. The summed E-state index contributed by atoms with van der Waals surface area (Å²) in [7, 11) is 0. The minimum Gasteiger partial charge on any atom is -0.422 e. The number of hydrogen-bond acceptors (Lipinski definition) is 4. The van der Waals surface area contributed by atoms with Crippen molar-refractivity contribution in [2.75, 3.05) is 0 Å². The number of nitrogens with one attached hydrogen (secondary N) is 1. The lowest BCUT2D eigenvalue weighted by Crippen LogP contribution is -2.18. The van der Waals surface area contributed by atoms with Crippen LogP contribution in [0.1, 0.15) is 26.3 Å². The molecule has 0 saturated heterocycles. The Hall–Kier alpha value is -3.67. The summed E-state index contributed by atoms with van der Waals surface area (Å²) in [5.41, 5.74) is 3.67. The summed E-state index contributed by atoms with van der Waals surface area (Å²) in [6.07, 6.45) is 1.45. The number of fused-ring (bicyclic) bond motifs is 1. The van der Waals surface area contributed by atoms with E-state index in [4.69, 9.17) is 27.9 Å². The van der Waals surface area contributed by atoms with Gasteiger partial charge in [0.25, 0.3) is 5.91 Å². The molecule has 32 heavy (non-hydrogen) atoms. The maximum Gasteiger partial charge on any atom is 0.343 e. The Bertz CT molecular complexity index is 1330. The van der Waals surface area contributed by atoms with E-state index in [9.17, 15) is 9.59 Å². The fourth-order valence-electron chi connectivity index (χ4n) is 3.10. The van der Waals surface area contributed by atoms with Gasteiger partial charge in [0.05, 0.1) is 22.4 Å². The van der Waals surface area contributed by atoms with Gasteiger partial charge in [-0.15, -0.1) is 0 Å².